The summed E-state index contributed by atoms with van der Waals surface area (Å²) in [4.78, 5) is 24.4. The fraction of sp³-hybridized carbons (Fsp3) is 0.500. The maximum atomic E-state index is 13.6. The molecule has 1 heterocycles. The van der Waals surface area contributed by atoms with Crippen LogP contribution in [0.3, 0.4) is 0 Å². The maximum Gasteiger partial charge on any atom is 0.254 e. The third kappa shape index (κ3) is 5.18. The van der Waals surface area contributed by atoms with Gasteiger partial charge in [-0.2, -0.15) is 0 Å². The summed E-state index contributed by atoms with van der Waals surface area (Å²) in [5.41, 5.74) is -0.0517. The molecule has 0 aromatic heterocycles. The van der Waals surface area contributed by atoms with E-state index in [2.05, 4.69) is 16.0 Å². The van der Waals surface area contributed by atoms with Gasteiger partial charge in [-0.1, -0.05) is 26.0 Å². The Morgan fingerprint density at radius 2 is 1.96 bits per heavy atom. The first-order valence-corrected chi connectivity index (χ1v) is 7.53. The SMILES string of the molecule is CC(C)C(NC(=O)c1ccccc1F)C(=O)NCC1CNC1.Cl. The Morgan fingerprint density at radius 3 is 2.48 bits per heavy atom. The summed E-state index contributed by atoms with van der Waals surface area (Å²) < 4.78 is 13.6. The van der Waals surface area contributed by atoms with E-state index >= 15 is 0 Å². The molecule has 2 amide bonds. The largest absolute Gasteiger partial charge is 0.354 e. The summed E-state index contributed by atoms with van der Waals surface area (Å²) in [6.07, 6.45) is 0. The van der Waals surface area contributed by atoms with Crippen molar-refractivity contribution < 1.29 is 14.0 Å². The normalized spacial score (nSPS) is 15.3. The van der Waals surface area contributed by atoms with E-state index in [-0.39, 0.29) is 29.8 Å². The molecule has 7 heteroatoms. The predicted molar refractivity (Wildman–Crippen MR) is 89.1 cm³/mol. The van der Waals surface area contributed by atoms with Crippen LogP contribution in [0.25, 0.3) is 0 Å². The van der Waals surface area contributed by atoms with Gasteiger partial charge in [0, 0.05) is 25.6 Å². The van der Waals surface area contributed by atoms with Crippen LogP contribution >= 0.6 is 12.4 Å². The fourth-order valence-corrected chi connectivity index (χ4v) is 2.25. The zero-order chi connectivity index (χ0) is 16.1. The van der Waals surface area contributed by atoms with Gasteiger partial charge in [0.05, 0.1) is 5.56 Å². The van der Waals surface area contributed by atoms with Gasteiger partial charge >= 0.3 is 0 Å². The Hall–Kier alpha value is -1.66. The van der Waals surface area contributed by atoms with E-state index in [0.29, 0.717) is 12.5 Å². The lowest BCUT2D eigenvalue weighted by Gasteiger charge is -2.29. The van der Waals surface area contributed by atoms with E-state index in [9.17, 15) is 14.0 Å². The molecule has 2 rings (SSSR count). The van der Waals surface area contributed by atoms with Crippen LogP contribution in [0.15, 0.2) is 24.3 Å². The number of nitrogens with one attached hydrogen (secondary N) is 3. The highest BCUT2D eigenvalue weighted by Gasteiger charge is 2.26. The van der Waals surface area contributed by atoms with Gasteiger partial charge in [-0.15, -0.1) is 12.4 Å². The summed E-state index contributed by atoms with van der Waals surface area (Å²) in [7, 11) is 0. The standard InChI is InChI=1S/C16H22FN3O2.ClH/c1-10(2)14(16(22)19-9-11-7-18-8-11)20-15(21)12-5-3-4-6-13(12)17;/h3-6,10-11,14,18H,7-9H2,1-2H3,(H,19,22)(H,20,21);1H. The molecule has 128 valence electrons. The lowest BCUT2D eigenvalue weighted by molar-refractivity contribution is -0.124. The Kier molecular flexibility index (Phi) is 7.45. The summed E-state index contributed by atoms with van der Waals surface area (Å²) in [5, 5.41) is 8.61. The minimum Gasteiger partial charge on any atom is -0.354 e. The highest BCUT2D eigenvalue weighted by Crippen LogP contribution is 2.09. The Bertz CT molecular complexity index is 550. The molecule has 0 spiro atoms. The summed E-state index contributed by atoms with van der Waals surface area (Å²) in [6.45, 7) is 6.07. The molecular weight excluding hydrogens is 321 g/mol. The van der Waals surface area contributed by atoms with Crippen LogP contribution in [0.2, 0.25) is 0 Å². The first-order valence-electron chi connectivity index (χ1n) is 7.53. The smallest absolute Gasteiger partial charge is 0.254 e. The van der Waals surface area contributed by atoms with E-state index in [0.717, 1.165) is 13.1 Å². The van der Waals surface area contributed by atoms with Crippen molar-refractivity contribution in [1.82, 2.24) is 16.0 Å². The molecule has 0 saturated carbocycles. The number of carbonyl (C=O) groups is 2. The summed E-state index contributed by atoms with van der Waals surface area (Å²) in [6, 6.07) is 5.06. The van der Waals surface area contributed by atoms with Crippen molar-refractivity contribution in [3.63, 3.8) is 0 Å². The van der Waals surface area contributed by atoms with E-state index in [1.54, 1.807) is 6.07 Å². The van der Waals surface area contributed by atoms with Crippen LogP contribution in [0, 0.1) is 17.7 Å². The highest BCUT2D eigenvalue weighted by atomic mass is 35.5. The Balaban J connectivity index is 0.00000264. The maximum absolute atomic E-state index is 13.6. The first-order chi connectivity index (χ1) is 10.5. The first kappa shape index (κ1) is 19.4. The molecule has 0 aliphatic carbocycles. The van der Waals surface area contributed by atoms with E-state index < -0.39 is 17.8 Å². The summed E-state index contributed by atoms with van der Waals surface area (Å²) in [5.74, 6) is -1.04. The molecule has 5 nitrogen and oxygen atoms in total. The van der Waals surface area contributed by atoms with Crippen LogP contribution in [-0.4, -0.2) is 37.5 Å². The minimum atomic E-state index is -0.680. The van der Waals surface area contributed by atoms with Crippen LogP contribution in [0.4, 0.5) is 4.39 Å². The molecule has 1 unspecified atom stereocenters. The molecule has 3 N–H and O–H groups in total. The van der Waals surface area contributed by atoms with Crippen molar-refractivity contribution in [3.05, 3.63) is 35.6 Å². The zero-order valence-corrected chi connectivity index (χ0v) is 14.1. The molecule has 0 bridgehead atoms. The van der Waals surface area contributed by atoms with Crippen molar-refractivity contribution >= 4 is 24.2 Å². The zero-order valence-electron chi connectivity index (χ0n) is 13.3. The number of hydrogen-bond donors (Lipinski definition) is 3. The van der Waals surface area contributed by atoms with Gasteiger partial charge in [-0.25, -0.2) is 4.39 Å². The molecule has 1 aliphatic heterocycles. The number of hydrogen-bond acceptors (Lipinski definition) is 3. The average Bonchev–Trinajstić information content (AvgIpc) is 2.42. The minimum absolute atomic E-state index is 0. The number of carbonyl (C=O) groups excluding carboxylic acids is 2. The summed E-state index contributed by atoms with van der Waals surface area (Å²) >= 11 is 0. The van der Waals surface area contributed by atoms with Gasteiger partial charge in [0.1, 0.15) is 11.9 Å². The fourth-order valence-electron chi connectivity index (χ4n) is 2.25. The Morgan fingerprint density at radius 1 is 1.30 bits per heavy atom. The number of benzene rings is 1. The highest BCUT2D eigenvalue weighted by molar-refractivity contribution is 5.97. The third-order valence-electron chi connectivity index (χ3n) is 3.79. The van der Waals surface area contributed by atoms with E-state index in [1.165, 1.54) is 18.2 Å². The van der Waals surface area contributed by atoms with Gasteiger partial charge in [0.2, 0.25) is 5.91 Å². The van der Waals surface area contributed by atoms with Gasteiger partial charge < -0.3 is 16.0 Å². The lowest BCUT2D eigenvalue weighted by Crippen LogP contribution is -2.53. The molecule has 1 saturated heterocycles. The van der Waals surface area contributed by atoms with Gasteiger partial charge in [-0.05, 0) is 18.1 Å². The quantitative estimate of drug-likeness (QED) is 0.730. The second-order valence-electron chi connectivity index (χ2n) is 5.94. The predicted octanol–water partition coefficient (Wildman–Crippen LogP) is 1.34. The molecule has 1 aromatic carbocycles. The molecule has 1 fully saturated rings. The van der Waals surface area contributed by atoms with Gasteiger partial charge in [0.15, 0.2) is 0 Å². The number of amides is 2. The van der Waals surface area contributed by atoms with Crippen molar-refractivity contribution in [2.75, 3.05) is 19.6 Å². The number of halogens is 2. The topological polar surface area (TPSA) is 70.2 Å². The third-order valence-corrected chi connectivity index (χ3v) is 3.79. The van der Waals surface area contributed by atoms with Crippen LogP contribution < -0.4 is 16.0 Å². The van der Waals surface area contributed by atoms with Gasteiger partial charge in [-0.3, -0.25) is 9.59 Å². The number of rotatable bonds is 6. The molecule has 1 aliphatic rings. The van der Waals surface area contributed by atoms with Crippen LogP contribution in [-0.2, 0) is 4.79 Å². The molecule has 1 atom stereocenters. The van der Waals surface area contributed by atoms with E-state index in [1.807, 2.05) is 13.8 Å². The molecular formula is C16H23ClFN3O2. The average molecular weight is 344 g/mol. The second-order valence-corrected chi connectivity index (χ2v) is 5.94. The van der Waals surface area contributed by atoms with Crippen LogP contribution in [0.1, 0.15) is 24.2 Å². The lowest BCUT2D eigenvalue weighted by atomic mass is 10.0. The second kappa shape index (κ2) is 8.84. The van der Waals surface area contributed by atoms with Crippen molar-refractivity contribution in [1.29, 1.82) is 0 Å². The van der Waals surface area contributed by atoms with Gasteiger partial charge in [0.25, 0.3) is 5.91 Å². The van der Waals surface area contributed by atoms with Crippen molar-refractivity contribution in [2.24, 2.45) is 11.8 Å². The molecule has 0 radical (unpaired) electrons. The molecule has 1 aromatic rings. The Labute approximate surface area is 141 Å². The van der Waals surface area contributed by atoms with Crippen LogP contribution in [0.5, 0.6) is 0 Å². The van der Waals surface area contributed by atoms with E-state index in [4.69, 9.17) is 0 Å². The van der Waals surface area contributed by atoms with Crippen molar-refractivity contribution in [2.45, 2.75) is 19.9 Å². The monoisotopic (exact) mass is 343 g/mol. The van der Waals surface area contributed by atoms with Crippen molar-refractivity contribution in [3.8, 4) is 0 Å². The molecule has 23 heavy (non-hydrogen) atoms.